The Morgan fingerprint density at radius 2 is 1.95 bits per heavy atom. The van der Waals surface area contributed by atoms with Crippen LogP contribution < -0.4 is 0 Å². The number of nitrogens with zero attached hydrogens (tertiary/aromatic N) is 1. The molecule has 1 aromatic heterocycles. The van der Waals surface area contributed by atoms with Crippen molar-refractivity contribution in [2.24, 2.45) is 5.41 Å². The van der Waals surface area contributed by atoms with Crippen molar-refractivity contribution in [3.8, 4) is 0 Å². The molecule has 5 heteroatoms. The van der Waals surface area contributed by atoms with Crippen molar-refractivity contribution in [3.63, 3.8) is 0 Å². The van der Waals surface area contributed by atoms with Gasteiger partial charge < -0.3 is 0 Å². The van der Waals surface area contributed by atoms with Gasteiger partial charge in [-0.3, -0.25) is 4.79 Å². The summed E-state index contributed by atoms with van der Waals surface area (Å²) in [5.74, 6) is 0.921. The van der Waals surface area contributed by atoms with Crippen LogP contribution in [0.4, 0.5) is 0 Å². The summed E-state index contributed by atoms with van der Waals surface area (Å²) < 4.78 is 0. The Labute approximate surface area is 147 Å². The van der Waals surface area contributed by atoms with Crippen LogP contribution in [0.2, 0.25) is 0 Å². The van der Waals surface area contributed by atoms with Gasteiger partial charge in [-0.15, -0.1) is 0 Å². The lowest BCUT2D eigenvalue weighted by molar-refractivity contribution is -0.123. The molecule has 0 amide bonds. The van der Waals surface area contributed by atoms with Crippen molar-refractivity contribution in [1.29, 1.82) is 0 Å². The first kappa shape index (κ1) is 19.9. The third-order valence-corrected chi connectivity index (χ3v) is 6.98. The van der Waals surface area contributed by atoms with Crippen molar-refractivity contribution < 1.29 is 4.79 Å². The smallest absolute Gasteiger partial charge is 0.148 e. The maximum Gasteiger partial charge on any atom is 0.148 e. The lowest BCUT2D eigenvalue weighted by Gasteiger charge is -2.18. The van der Waals surface area contributed by atoms with Crippen molar-refractivity contribution in [2.75, 3.05) is 5.75 Å². The fourth-order valence-electron chi connectivity index (χ4n) is 1.59. The first-order chi connectivity index (χ1) is 10.2. The average molecular weight is 358 g/mol. The number of ketones is 1. The minimum absolute atomic E-state index is 0.235. The molecular formula is C17H27NOS3. The zero-order valence-electron chi connectivity index (χ0n) is 14.4. The summed E-state index contributed by atoms with van der Waals surface area (Å²) in [5.41, 5.74) is 1.06. The van der Waals surface area contributed by atoms with E-state index in [1.807, 2.05) is 37.8 Å². The zero-order valence-corrected chi connectivity index (χ0v) is 16.8. The summed E-state index contributed by atoms with van der Waals surface area (Å²) in [6.45, 7) is 12.5. The second kappa shape index (κ2) is 9.24. The molecule has 1 atom stereocenters. The molecule has 0 saturated carbocycles. The second-order valence-electron chi connectivity index (χ2n) is 6.73. The van der Waals surface area contributed by atoms with E-state index in [1.165, 1.54) is 5.56 Å². The first-order valence-corrected chi connectivity index (χ1v) is 10.9. The highest BCUT2D eigenvalue weighted by atomic mass is 33.1. The summed E-state index contributed by atoms with van der Waals surface area (Å²) in [5, 5.41) is 2.09. The SMILES string of the molecule is CC(C)SSc1cc(CC(C)SCC(=O)C(C)(C)C)ccn1. The Balaban J connectivity index is 2.49. The van der Waals surface area contributed by atoms with Gasteiger partial charge in [-0.25, -0.2) is 4.98 Å². The van der Waals surface area contributed by atoms with E-state index in [0.29, 0.717) is 22.0 Å². The highest BCUT2D eigenvalue weighted by Gasteiger charge is 2.21. The fourth-order valence-corrected chi connectivity index (χ4v) is 4.51. The zero-order chi connectivity index (χ0) is 16.8. The monoisotopic (exact) mass is 357 g/mol. The first-order valence-electron chi connectivity index (χ1n) is 7.61. The lowest BCUT2D eigenvalue weighted by atomic mass is 9.92. The minimum Gasteiger partial charge on any atom is -0.298 e. The molecule has 0 aliphatic heterocycles. The normalized spacial score (nSPS) is 13.4. The Kier molecular flexibility index (Phi) is 8.36. The molecule has 0 aliphatic rings. The molecule has 1 heterocycles. The van der Waals surface area contributed by atoms with Crippen LogP contribution in [0.3, 0.4) is 0 Å². The van der Waals surface area contributed by atoms with Crippen molar-refractivity contribution in [2.45, 2.75) is 63.5 Å². The number of pyridine rings is 1. The van der Waals surface area contributed by atoms with Crippen molar-refractivity contribution in [1.82, 2.24) is 4.98 Å². The molecule has 22 heavy (non-hydrogen) atoms. The van der Waals surface area contributed by atoms with Gasteiger partial charge in [0.15, 0.2) is 0 Å². The highest BCUT2D eigenvalue weighted by molar-refractivity contribution is 8.76. The molecule has 0 aliphatic carbocycles. The standard InChI is InChI=1S/C17H27NOS3/c1-12(2)21-22-16-10-14(7-8-18-16)9-13(3)20-11-15(19)17(4,5)6/h7-8,10,12-13H,9,11H2,1-6H3. The largest absolute Gasteiger partial charge is 0.298 e. The van der Waals surface area contributed by atoms with Crippen LogP contribution in [0.1, 0.15) is 47.1 Å². The maximum atomic E-state index is 12.0. The summed E-state index contributed by atoms with van der Waals surface area (Å²) in [6, 6.07) is 4.25. The van der Waals surface area contributed by atoms with E-state index in [1.54, 1.807) is 22.6 Å². The lowest BCUT2D eigenvalue weighted by Crippen LogP contribution is -2.23. The molecule has 0 saturated heterocycles. The molecule has 1 rings (SSSR count). The van der Waals surface area contributed by atoms with Crippen LogP contribution in [-0.2, 0) is 11.2 Å². The molecule has 0 fully saturated rings. The Morgan fingerprint density at radius 3 is 2.55 bits per heavy atom. The third-order valence-electron chi connectivity index (χ3n) is 2.98. The number of Topliss-reactive ketones (excluding diaryl/α,β-unsaturated/α-hetero) is 1. The van der Waals surface area contributed by atoms with Gasteiger partial charge in [0.2, 0.25) is 0 Å². The summed E-state index contributed by atoms with van der Waals surface area (Å²) in [4.78, 5) is 16.4. The molecule has 0 aromatic carbocycles. The predicted octanol–water partition coefficient (Wildman–Crippen LogP) is 5.51. The van der Waals surface area contributed by atoms with Gasteiger partial charge in [0.25, 0.3) is 0 Å². The van der Waals surface area contributed by atoms with E-state index >= 15 is 0 Å². The quantitative estimate of drug-likeness (QED) is 0.572. The number of hydrogen-bond donors (Lipinski definition) is 0. The Hall–Kier alpha value is -0.130. The van der Waals surface area contributed by atoms with Crippen LogP contribution in [0.25, 0.3) is 0 Å². The van der Waals surface area contributed by atoms with E-state index in [9.17, 15) is 4.79 Å². The number of hydrogen-bond acceptors (Lipinski definition) is 5. The van der Waals surface area contributed by atoms with Crippen LogP contribution >= 0.6 is 33.3 Å². The molecule has 0 radical (unpaired) electrons. The van der Waals surface area contributed by atoms with Gasteiger partial charge in [0, 0.05) is 22.1 Å². The van der Waals surface area contributed by atoms with E-state index in [0.717, 1.165) is 11.4 Å². The molecule has 2 nitrogen and oxygen atoms in total. The minimum atomic E-state index is -0.235. The van der Waals surface area contributed by atoms with Crippen molar-refractivity contribution in [3.05, 3.63) is 23.9 Å². The molecule has 124 valence electrons. The molecule has 1 aromatic rings. The van der Waals surface area contributed by atoms with Gasteiger partial charge in [-0.2, -0.15) is 11.8 Å². The van der Waals surface area contributed by atoms with Gasteiger partial charge >= 0.3 is 0 Å². The number of rotatable bonds is 8. The number of carbonyl (C=O) groups is 1. The molecule has 0 N–H and O–H groups in total. The van der Waals surface area contributed by atoms with E-state index in [-0.39, 0.29) is 5.41 Å². The highest BCUT2D eigenvalue weighted by Crippen LogP contribution is 2.33. The van der Waals surface area contributed by atoms with E-state index in [2.05, 4.69) is 37.9 Å². The van der Waals surface area contributed by atoms with Crippen LogP contribution in [0, 0.1) is 5.41 Å². The third kappa shape index (κ3) is 7.93. The second-order valence-corrected chi connectivity index (χ2v) is 11.0. The van der Waals surface area contributed by atoms with Gasteiger partial charge in [-0.1, -0.05) is 52.3 Å². The summed E-state index contributed by atoms with van der Waals surface area (Å²) in [6.07, 6.45) is 2.86. The predicted molar refractivity (Wildman–Crippen MR) is 103 cm³/mol. The molecule has 0 spiro atoms. The van der Waals surface area contributed by atoms with Crippen molar-refractivity contribution >= 4 is 39.1 Å². The number of aromatic nitrogens is 1. The van der Waals surface area contributed by atoms with Crippen LogP contribution in [0.5, 0.6) is 0 Å². The number of thioether (sulfide) groups is 1. The average Bonchev–Trinajstić information content (AvgIpc) is 2.42. The Morgan fingerprint density at radius 1 is 1.27 bits per heavy atom. The maximum absolute atomic E-state index is 12.0. The summed E-state index contributed by atoms with van der Waals surface area (Å²) in [7, 11) is 3.57. The van der Waals surface area contributed by atoms with Crippen LogP contribution in [-0.4, -0.2) is 27.0 Å². The topological polar surface area (TPSA) is 30.0 Å². The van der Waals surface area contributed by atoms with Gasteiger partial charge in [-0.05, 0) is 34.9 Å². The number of carbonyl (C=O) groups excluding carboxylic acids is 1. The van der Waals surface area contributed by atoms with E-state index in [4.69, 9.17) is 0 Å². The molecule has 1 unspecified atom stereocenters. The van der Waals surface area contributed by atoms with E-state index < -0.39 is 0 Å². The fraction of sp³-hybridized carbons (Fsp3) is 0.647. The Bertz CT molecular complexity index is 483. The van der Waals surface area contributed by atoms with Crippen LogP contribution in [0.15, 0.2) is 23.4 Å². The van der Waals surface area contributed by atoms with Gasteiger partial charge in [0.1, 0.15) is 10.8 Å². The summed E-state index contributed by atoms with van der Waals surface area (Å²) >= 11 is 1.75. The molecular weight excluding hydrogens is 330 g/mol. The van der Waals surface area contributed by atoms with Gasteiger partial charge in [0.05, 0.1) is 5.75 Å². The molecule has 0 bridgehead atoms.